The SMILES string of the molecule is CN[C@H](C(=O)N[C@H](C(=O)N(C)/C(=C/C(C)C(=O)NS(=O)(=O)Cc1ccc(Br)cc1)C(C)C)C(C)(C)C)C(C)(C)c1ccccc1. The van der Waals surface area contributed by atoms with E-state index in [4.69, 9.17) is 0 Å². The molecule has 0 saturated heterocycles. The quantitative estimate of drug-likeness (QED) is 0.266. The predicted molar refractivity (Wildman–Crippen MR) is 183 cm³/mol. The Balaban J connectivity index is 2.29. The Bertz CT molecular complexity index is 1470. The molecular weight excluding hydrogens is 656 g/mol. The fourth-order valence-electron chi connectivity index (χ4n) is 5.15. The summed E-state index contributed by atoms with van der Waals surface area (Å²) in [7, 11) is -0.621. The number of likely N-dealkylation sites (N-methyl/N-ethyl adjacent to an activating group) is 2. The van der Waals surface area contributed by atoms with Gasteiger partial charge in [0, 0.05) is 22.6 Å². The molecule has 2 aromatic carbocycles. The highest BCUT2D eigenvalue weighted by atomic mass is 79.9. The summed E-state index contributed by atoms with van der Waals surface area (Å²) in [5.41, 5.74) is 0.819. The van der Waals surface area contributed by atoms with Crippen LogP contribution >= 0.6 is 15.9 Å². The van der Waals surface area contributed by atoms with Gasteiger partial charge in [-0.3, -0.25) is 19.1 Å². The summed E-state index contributed by atoms with van der Waals surface area (Å²) in [5, 5.41) is 6.15. The molecule has 0 spiro atoms. The van der Waals surface area contributed by atoms with Crippen LogP contribution in [0.5, 0.6) is 0 Å². The monoisotopic (exact) mass is 704 g/mol. The molecule has 0 fully saturated rings. The Labute approximate surface area is 277 Å². The molecule has 0 aliphatic heterocycles. The van der Waals surface area contributed by atoms with Crippen LogP contribution in [0.4, 0.5) is 0 Å². The van der Waals surface area contributed by atoms with Crippen molar-refractivity contribution < 1.29 is 22.8 Å². The molecular formula is C34H49BrN4O5S. The predicted octanol–water partition coefficient (Wildman–Crippen LogP) is 5.13. The maximum Gasteiger partial charge on any atom is 0.249 e. The normalized spacial score (nSPS) is 14.8. The van der Waals surface area contributed by atoms with Crippen molar-refractivity contribution in [2.45, 2.75) is 78.6 Å². The number of rotatable bonds is 13. The molecule has 0 aliphatic rings. The van der Waals surface area contributed by atoms with E-state index in [1.165, 1.54) is 4.90 Å². The van der Waals surface area contributed by atoms with E-state index in [1.807, 2.05) is 78.8 Å². The van der Waals surface area contributed by atoms with E-state index in [0.29, 0.717) is 11.3 Å². The summed E-state index contributed by atoms with van der Waals surface area (Å²) in [4.78, 5) is 42.3. The van der Waals surface area contributed by atoms with Crippen LogP contribution in [0.15, 0.2) is 70.8 Å². The van der Waals surface area contributed by atoms with Crippen molar-refractivity contribution in [1.82, 2.24) is 20.3 Å². The highest BCUT2D eigenvalue weighted by Crippen LogP contribution is 2.29. The highest BCUT2D eigenvalue weighted by molar-refractivity contribution is 9.10. The van der Waals surface area contributed by atoms with Crippen LogP contribution in [0.3, 0.4) is 0 Å². The summed E-state index contributed by atoms with van der Waals surface area (Å²) < 4.78 is 28.4. The van der Waals surface area contributed by atoms with E-state index in [9.17, 15) is 22.8 Å². The molecule has 0 saturated carbocycles. The van der Waals surface area contributed by atoms with Crippen molar-refractivity contribution in [3.05, 3.63) is 82.0 Å². The number of halogens is 1. The zero-order valence-electron chi connectivity index (χ0n) is 28.1. The molecule has 1 unspecified atom stereocenters. The first-order chi connectivity index (χ1) is 20.7. The van der Waals surface area contributed by atoms with E-state index >= 15 is 0 Å². The second kappa shape index (κ2) is 15.5. The summed E-state index contributed by atoms with van der Waals surface area (Å²) >= 11 is 3.32. The third-order valence-electron chi connectivity index (χ3n) is 7.86. The van der Waals surface area contributed by atoms with E-state index in [-0.39, 0.29) is 23.5 Å². The first-order valence-corrected chi connectivity index (χ1v) is 17.5. The molecule has 248 valence electrons. The number of sulfonamides is 1. The van der Waals surface area contributed by atoms with Gasteiger partial charge in [-0.15, -0.1) is 0 Å². The average molecular weight is 706 g/mol. The molecule has 2 aromatic rings. The maximum absolute atomic E-state index is 14.1. The molecule has 45 heavy (non-hydrogen) atoms. The van der Waals surface area contributed by atoms with Crippen LogP contribution < -0.4 is 15.4 Å². The van der Waals surface area contributed by atoms with Gasteiger partial charge in [0.1, 0.15) is 6.04 Å². The second-order valence-corrected chi connectivity index (χ2v) is 16.0. The third-order valence-corrected chi connectivity index (χ3v) is 9.61. The third kappa shape index (κ3) is 10.5. The van der Waals surface area contributed by atoms with Crippen LogP contribution in [0, 0.1) is 17.3 Å². The Morgan fingerprint density at radius 1 is 0.889 bits per heavy atom. The Morgan fingerprint density at radius 3 is 1.93 bits per heavy atom. The van der Waals surface area contributed by atoms with Crippen molar-refractivity contribution in [2.75, 3.05) is 14.1 Å². The van der Waals surface area contributed by atoms with Gasteiger partial charge in [0.25, 0.3) is 0 Å². The molecule has 3 N–H and O–H groups in total. The fraction of sp³-hybridized carbons (Fsp3) is 0.500. The lowest BCUT2D eigenvalue weighted by atomic mass is 9.76. The van der Waals surface area contributed by atoms with Gasteiger partial charge in [-0.25, -0.2) is 8.42 Å². The standard InChI is InChI=1S/C34H49BrN4O5S/c1-22(2)27(20-23(3)30(40)38-45(43,44)21-24-16-18-26(35)19-17-24)39(10)32(42)29(33(4,5)6)37-31(41)28(36-9)34(7,8)25-14-12-11-13-15-25/h11-20,22-23,28-29,36H,21H2,1-10H3,(H,37,41)(H,38,40)/b27-20+/t23?,28-,29-/m1/s1. The van der Waals surface area contributed by atoms with Crippen molar-refractivity contribution in [3.63, 3.8) is 0 Å². The zero-order chi connectivity index (χ0) is 34.3. The van der Waals surface area contributed by atoms with Crippen LogP contribution in [0.2, 0.25) is 0 Å². The minimum atomic E-state index is -3.95. The Hall–Kier alpha value is -3.02. The Morgan fingerprint density at radius 2 is 1.44 bits per heavy atom. The maximum atomic E-state index is 14.1. The Kier molecular flexibility index (Phi) is 13.2. The highest BCUT2D eigenvalue weighted by Gasteiger charge is 2.41. The number of hydrogen-bond acceptors (Lipinski definition) is 6. The summed E-state index contributed by atoms with van der Waals surface area (Å²) in [6, 6.07) is 15.0. The number of hydrogen-bond donors (Lipinski definition) is 3. The van der Waals surface area contributed by atoms with Gasteiger partial charge in [0.2, 0.25) is 27.7 Å². The summed E-state index contributed by atoms with van der Waals surface area (Å²) in [5.74, 6) is -2.76. The van der Waals surface area contributed by atoms with E-state index in [1.54, 1.807) is 51.4 Å². The molecule has 3 atom stereocenters. The molecule has 3 amide bonds. The van der Waals surface area contributed by atoms with Gasteiger partial charge in [0.15, 0.2) is 0 Å². The van der Waals surface area contributed by atoms with Gasteiger partial charge in [-0.05, 0) is 48.6 Å². The molecule has 2 rings (SSSR count). The topological polar surface area (TPSA) is 125 Å². The summed E-state index contributed by atoms with van der Waals surface area (Å²) in [6.45, 7) is 15.0. The van der Waals surface area contributed by atoms with Crippen LogP contribution in [0.25, 0.3) is 0 Å². The van der Waals surface area contributed by atoms with Crippen molar-refractivity contribution >= 4 is 43.7 Å². The zero-order valence-corrected chi connectivity index (χ0v) is 30.5. The van der Waals surface area contributed by atoms with Gasteiger partial charge < -0.3 is 15.5 Å². The van der Waals surface area contributed by atoms with Crippen LogP contribution in [-0.2, 0) is 35.6 Å². The summed E-state index contributed by atoms with van der Waals surface area (Å²) in [6.07, 6.45) is 1.60. The molecule has 9 nitrogen and oxygen atoms in total. The van der Waals surface area contributed by atoms with Gasteiger partial charge >= 0.3 is 0 Å². The molecule has 0 aromatic heterocycles. The van der Waals surface area contributed by atoms with Crippen molar-refractivity contribution in [1.29, 1.82) is 0 Å². The number of carbonyl (C=O) groups is 3. The largest absolute Gasteiger partial charge is 0.342 e. The van der Waals surface area contributed by atoms with Crippen LogP contribution in [0.1, 0.15) is 66.5 Å². The number of nitrogens with one attached hydrogen (secondary N) is 3. The lowest BCUT2D eigenvalue weighted by molar-refractivity contribution is -0.138. The minimum absolute atomic E-state index is 0.188. The van der Waals surface area contributed by atoms with Crippen LogP contribution in [-0.4, -0.2) is 57.2 Å². The van der Waals surface area contributed by atoms with E-state index < -0.39 is 44.8 Å². The van der Waals surface area contributed by atoms with Gasteiger partial charge in [-0.1, -0.05) is 113 Å². The first-order valence-electron chi connectivity index (χ1n) is 15.0. The minimum Gasteiger partial charge on any atom is -0.342 e. The molecule has 0 bridgehead atoms. The smallest absolute Gasteiger partial charge is 0.249 e. The number of benzene rings is 2. The fourth-order valence-corrected chi connectivity index (χ4v) is 6.62. The number of nitrogens with zero attached hydrogens (tertiary/aromatic N) is 1. The van der Waals surface area contributed by atoms with Gasteiger partial charge in [-0.2, -0.15) is 0 Å². The lowest BCUT2D eigenvalue weighted by Gasteiger charge is -2.39. The van der Waals surface area contributed by atoms with Crippen molar-refractivity contribution in [2.24, 2.45) is 17.3 Å². The lowest BCUT2D eigenvalue weighted by Crippen LogP contribution is -2.60. The number of amides is 3. The van der Waals surface area contributed by atoms with E-state index in [0.717, 1.165) is 10.0 Å². The van der Waals surface area contributed by atoms with E-state index in [2.05, 4.69) is 31.3 Å². The van der Waals surface area contributed by atoms with Crippen molar-refractivity contribution in [3.8, 4) is 0 Å². The first kappa shape index (κ1) is 38.2. The number of carbonyl (C=O) groups excluding carboxylic acids is 3. The average Bonchev–Trinajstić information content (AvgIpc) is 2.94. The second-order valence-electron chi connectivity index (χ2n) is 13.4. The molecule has 11 heteroatoms. The molecule has 0 heterocycles. The van der Waals surface area contributed by atoms with Gasteiger partial charge in [0.05, 0.1) is 17.7 Å². The number of allylic oxidation sites excluding steroid dienone is 1. The molecule has 0 aliphatic carbocycles. The molecule has 0 radical (unpaired) electrons.